The molecule has 2 heterocycles. The third kappa shape index (κ3) is 5.69. The molecule has 4 rings (SSSR count). The van der Waals surface area contributed by atoms with E-state index in [0.29, 0.717) is 12.1 Å². The molecule has 1 aromatic heterocycles. The number of benzene rings is 2. The summed E-state index contributed by atoms with van der Waals surface area (Å²) < 4.78 is 5.43. The van der Waals surface area contributed by atoms with Crippen LogP contribution in [-0.4, -0.2) is 53.8 Å². The van der Waals surface area contributed by atoms with Crippen LogP contribution in [0, 0.1) is 0 Å². The molecule has 0 spiro atoms. The molecule has 6 nitrogen and oxygen atoms in total. The fraction of sp³-hybridized carbons (Fsp3) is 0.280. The van der Waals surface area contributed by atoms with Crippen LogP contribution in [0.1, 0.15) is 28.4 Å². The predicted molar refractivity (Wildman–Crippen MR) is 123 cm³/mol. The van der Waals surface area contributed by atoms with Gasteiger partial charge >= 0.3 is 5.97 Å². The Balaban J connectivity index is 1.40. The van der Waals surface area contributed by atoms with Gasteiger partial charge in [-0.2, -0.15) is 0 Å². The van der Waals surface area contributed by atoms with Gasteiger partial charge in [-0.1, -0.05) is 29.8 Å². The Morgan fingerprint density at radius 3 is 2.68 bits per heavy atom. The van der Waals surface area contributed by atoms with Crippen molar-refractivity contribution in [3.63, 3.8) is 0 Å². The van der Waals surface area contributed by atoms with Crippen LogP contribution in [0.25, 0.3) is 17.0 Å². The number of aromatic nitrogens is 1. The normalized spacial score (nSPS) is 15.2. The summed E-state index contributed by atoms with van der Waals surface area (Å²) in [4.78, 5) is 18.0. The number of rotatable bonds is 7. The van der Waals surface area contributed by atoms with E-state index in [4.69, 9.17) is 9.84 Å². The average Bonchev–Trinajstić information content (AvgIpc) is 2.78. The first-order chi connectivity index (χ1) is 15.1. The summed E-state index contributed by atoms with van der Waals surface area (Å²) in [5.41, 5.74) is 5.67. The van der Waals surface area contributed by atoms with Gasteiger partial charge in [-0.15, -0.1) is 0 Å². The Kier molecular flexibility index (Phi) is 6.60. The number of pyridine rings is 1. The van der Waals surface area contributed by atoms with Crippen LogP contribution in [-0.2, 0) is 11.3 Å². The standard InChI is InChI=1S/C25H27N3O3/c1-18(12-19-2-5-21(6-3-19)25(29)30)15-26-23-14-22-13-20(4-7-24(22)27-16-23)17-28-8-10-31-11-9-28/h2-7,12-14,16,26H,8-11,15,17H2,1H3,(H,29,30). The Labute approximate surface area is 182 Å². The van der Waals surface area contributed by atoms with Gasteiger partial charge in [-0.3, -0.25) is 9.88 Å². The van der Waals surface area contributed by atoms with Gasteiger partial charge in [0.1, 0.15) is 0 Å². The zero-order valence-electron chi connectivity index (χ0n) is 17.7. The van der Waals surface area contributed by atoms with Crippen LogP contribution in [0.2, 0.25) is 0 Å². The molecule has 0 aliphatic carbocycles. The summed E-state index contributed by atoms with van der Waals surface area (Å²) in [5.74, 6) is -0.911. The van der Waals surface area contributed by atoms with Crippen LogP contribution in [0.15, 0.2) is 60.3 Å². The number of morpholine rings is 1. The Hall–Kier alpha value is -3.22. The van der Waals surface area contributed by atoms with Crippen LogP contribution >= 0.6 is 0 Å². The number of hydrogen-bond acceptors (Lipinski definition) is 5. The summed E-state index contributed by atoms with van der Waals surface area (Å²) >= 11 is 0. The molecule has 0 atom stereocenters. The average molecular weight is 418 g/mol. The van der Waals surface area contributed by atoms with Gasteiger partial charge in [0, 0.05) is 31.6 Å². The van der Waals surface area contributed by atoms with E-state index in [-0.39, 0.29) is 0 Å². The number of carboxylic acid groups (broad SMARTS) is 1. The van der Waals surface area contributed by atoms with Crippen molar-refractivity contribution in [2.75, 3.05) is 38.2 Å². The Morgan fingerprint density at radius 1 is 1.16 bits per heavy atom. The maximum atomic E-state index is 11.0. The van der Waals surface area contributed by atoms with Gasteiger partial charge in [0.15, 0.2) is 0 Å². The summed E-state index contributed by atoms with van der Waals surface area (Å²) in [7, 11) is 0. The van der Waals surface area contributed by atoms with E-state index in [0.717, 1.165) is 60.6 Å². The zero-order chi connectivity index (χ0) is 21.6. The number of fused-ring (bicyclic) bond motifs is 1. The summed E-state index contributed by atoms with van der Waals surface area (Å²) in [6.07, 6.45) is 3.91. The topological polar surface area (TPSA) is 74.7 Å². The zero-order valence-corrected chi connectivity index (χ0v) is 17.7. The van der Waals surface area contributed by atoms with Gasteiger partial charge < -0.3 is 15.2 Å². The molecule has 1 aliphatic heterocycles. The third-order valence-corrected chi connectivity index (χ3v) is 5.40. The van der Waals surface area contributed by atoms with E-state index < -0.39 is 5.97 Å². The van der Waals surface area contributed by atoms with Crippen LogP contribution in [0.5, 0.6) is 0 Å². The first-order valence-electron chi connectivity index (χ1n) is 10.5. The first kappa shape index (κ1) is 21.0. The molecule has 0 unspecified atom stereocenters. The lowest BCUT2D eigenvalue weighted by Crippen LogP contribution is -2.35. The fourth-order valence-corrected chi connectivity index (χ4v) is 3.69. The summed E-state index contributed by atoms with van der Waals surface area (Å²) in [6.45, 7) is 7.22. The number of nitrogens with one attached hydrogen (secondary N) is 1. The number of hydrogen-bond donors (Lipinski definition) is 2. The lowest BCUT2D eigenvalue weighted by atomic mass is 10.1. The van der Waals surface area contributed by atoms with Gasteiger partial charge in [-0.05, 0) is 48.4 Å². The van der Waals surface area contributed by atoms with E-state index in [1.54, 1.807) is 12.1 Å². The van der Waals surface area contributed by atoms with E-state index in [9.17, 15) is 4.79 Å². The van der Waals surface area contributed by atoms with Gasteiger partial charge in [0.2, 0.25) is 0 Å². The van der Waals surface area contributed by atoms with Crippen molar-refractivity contribution < 1.29 is 14.6 Å². The largest absolute Gasteiger partial charge is 0.478 e. The van der Waals surface area contributed by atoms with Crippen molar-refractivity contribution in [3.05, 3.63) is 77.0 Å². The summed E-state index contributed by atoms with van der Waals surface area (Å²) in [6, 6.07) is 15.5. The molecule has 1 saturated heterocycles. The molecular weight excluding hydrogens is 390 g/mol. The molecular formula is C25H27N3O3. The minimum atomic E-state index is -0.911. The van der Waals surface area contributed by atoms with Gasteiger partial charge in [0.05, 0.1) is 36.2 Å². The molecule has 0 saturated carbocycles. The van der Waals surface area contributed by atoms with Gasteiger partial charge in [0.25, 0.3) is 0 Å². The minimum Gasteiger partial charge on any atom is -0.478 e. The molecule has 0 bridgehead atoms. The highest BCUT2D eigenvalue weighted by molar-refractivity contribution is 5.87. The second kappa shape index (κ2) is 9.73. The van der Waals surface area contributed by atoms with Crippen molar-refractivity contribution in [2.24, 2.45) is 0 Å². The highest BCUT2D eigenvalue weighted by Crippen LogP contribution is 2.20. The van der Waals surface area contributed by atoms with Crippen LogP contribution in [0.3, 0.4) is 0 Å². The first-order valence-corrected chi connectivity index (χ1v) is 10.5. The molecule has 6 heteroatoms. The quantitative estimate of drug-likeness (QED) is 0.598. The second-order valence-electron chi connectivity index (χ2n) is 7.91. The van der Waals surface area contributed by atoms with Crippen molar-refractivity contribution >= 4 is 28.6 Å². The molecule has 3 aromatic rings. The lowest BCUT2D eigenvalue weighted by Gasteiger charge is -2.26. The maximum Gasteiger partial charge on any atom is 0.335 e. The van der Waals surface area contributed by atoms with Crippen molar-refractivity contribution in [1.29, 1.82) is 0 Å². The molecule has 2 aromatic carbocycles. The van der Waals surface area contributed by atoms with E-state index in [1.165, 1.54) is 5.56 Å². The molecule has 2 N–H and O–H groups in total. The second-order valence-corrected chi connectivity index (χ2v) is 7.91. The summed E-state index contributed by atoms with van der Waals surface area (Å²) in [5, 5.41) is 13.6. The Morgan fingerprint density at radius 2 is 1.94 bits per heavy atom. The van der Waals surface area contributed by atoms with Crippen molar-refractivity contribution in [3.8, 4) is 0 Å². The fourth-order valence-electron chi connectivity index (χ4n) is 3.69. The van der Waals surface area contributed by atoms with Crippen molar-refractivity contribution in [2.45, 2.75) is 13.5 Å². The van der Waals surface area contributed by atoms with E-state index in [1.807, 2.05) is 31.3 Å². The smallest absolute Gasteiger partial charge is 0.335 e. The number of carboxylic acids is 1. The molecule has 160 valence electrons. The SMILES string of the molecule is CC(=Cc1ccc(C(=O)O)cc1)CNc1cnc2ccc(CN3CCOCC3)cc2c1. The highest BCUT2D eigenvalue weighted by atomic mass is 16.5. The third-order valence-electron chi connectivity index (χ3n) is 5.40. The van der Waals surface area contributed by atoms with Crippen LogP contribution < -0.4 is 5.32 Å². The maximum absolute atomic E-state index is 11.0. The molecule has 0 amide bonds. The number of ether oxygens (including phenoxy) is 1. The Bertz CT molecular complexity index is 1090. The molecule has 0 radical (unpaired) electrons. The molecule has 31 heavy (non-hydrogen) atoms. The number of anilines is 1. The van der Waals surface area contributed by atoms with E-state index in [2.05, 4.69) is 39.5 Å². The molecule has 1 fully saturated rings. The van der Waals surface area contributed by atoms with Gasteiger partial charge in [-0.25, -0.2) is 4.79 Å². The minimum absolute atomic E-state index is 0.295. The van der Waals surface area contributed by atoms with Crippen LogP contribution in [0.4, 0.5) is 5.69 Å². The monoisotopic (exact) mass is 417 g/mol. The van der Waals surface area contributed by atoms with Crippen molar-refractivity contribution in [1.82, 2.24) is 9.88 Å². The lowest BCUT2D eigenvalue weighted by molar-refractivity contribution is 0.0342. The molecule has 1 aliphatic rings. The highest BCUT2D eigenvalue weighted by Gasteiger charge is 2.11. The number of nitrogens with zero attached hydrogens (tertiary/aromatic N) is 2. The number of aromatic carboxylic acids is 1. The van der Waals surface area contributed by atoms with E-state index >= 15 is 0 Å². The number of carbonyl (C=O) groups is 1. The predicted octanol–water partition coefficient (Wildman–Crippen LogP) is 4.28.